The SMILES string of the molecule is CCOC(=O)C(CC)N(C)CCCN(C)C. The molecule has 4 nitrogen and oxygen atoms in total. The van der Waals surface area contributed by atoms with Crippen molar-refractivity contribution in [1.82, 2.24) is 9.80 Å². The third kappa shape index (κ3) is 6.08. The average Bonchev–Trinajstić information content (AvgIpc) is 2.18. The second kappa shape index (κ2) is 8.53. The Morgan fingerprint density at radius 3 is 2.25 bits per heavy atom. The molecule has 0 aromatic carbocycles. The van der Waals surface area contributed by atoms with E-state index in [0.717, 1.165) is 25.9 Å². The van der Waals surface area contributed by atoms with Gasteiger partial charge in [-0.05, 0) is 54.0 Å². The van der Waals surface area contributed by atoms with Gasteiger partial charge in [-0.3, -0.25) is 9.69 Å². The van der Waals surface area contributed by atoms with Gasteiger partial charge in [0, 0.05) is 0 Å². The van der Waals surface area contributed by atoms with Gasteiger partial charge in [-0.2, -0.15) is 0 Å². The molecular weight excluding hydrogens is 204 g/mol. The van der Waals surface area contributed by atoms with Gasteiger partial charge in [-0.1, -0.05) is 6.92 Å². The maximum Gasteiger partial charge on any atom is 0.323 e. The average molecular weight is 230 g/mol. The lowest BCUT2D eigenvalue weighted by Crippen LogP contribution is -2.40. The highest BCUT2D eigenvalue weighted by atomic mass is 16.5. The van der Waals surface area contributed by atoms with Crippen LogP contribution in [0.5, 0.6) is 0 Å². The molecule has 96 valence electrons. The van der Waals surface area contributed by atoms with Gasteiger partial charge in [0.05, 0.1) is 6.61 Å². The van der Waals surface area contributed by atoms with Crippen molar-refractivity contribution in [2.75, 3.05) is 40.8 Å². The minimum atomic E-state index is -0.0997. The lowest BCUT2D eigenvalue weighted by atomic mass is 10.2. The fourth-order valence-electron chi connectivity index (χ4n) is 1.69. The van der Waals surface area contributed by atoms with Crippen LogP contribution in [0.1, 0.15) is 26.7 Å². The van der Waals surface area contributed by atoms with Crippen LogP contribution in [0, 0.1) is 0 Å². The molecule has 0 aliphatic carbocycles. The Hall–Kier alpha value is -0.610. The summed E-state index contributed by atoms with van der Waals surface area (Å²) >= 11 is 0. The van der Waals surface area contributed by atoms with E-state index in [4.69, 9.17) is 4.74 Å². The van der Waals surface area contributed by atoms with E-state index in [-0.39, 0.29) is 12.0 Å². The summed E-state index contributed by atoms with van der Waals surface area (Å²) in [5.74, 6) is -0.0997. The molecule has 0 aromatic rings. The smallest absolute Gasteiger partial charge is 0.323 e. The number of hydrogen-bond donors (Lipinski definition) is 0. The molecule has 0 spiro atoms. The fraction of sp³-hybridized carbons (Fsp3) is 0.917. The summed E-state index contributed by atoms with van der Waals surface area (Å²) in [6, 6.07) is -0.0953. The van der Waals surface area contributed by atoms with Crippen LogP contribution in [0.15, 0.2) is 0 Å². The van der Waals surface area contributed by atoms with Gasteiger partial charge in [0.25, 0.3) is 0 Å². The summed E-state index contributed by atoms with van der Waals surface area (Å²) in [4.78, 5) is 15.9. The third-order valence-electron chi connectivity index (χ3n) is 2.59. The summed E-state index contributed by atoms with van der Waals surface area (Å²) < 4.78 is 5.05. The molecule has 0 aliphatic rings. The van der Waals surface area contributed by atoms with Crippen molar-refractivity contribution in [2.24, 2.45) is 0 Å². The normalized spacial score (nSPS) is 13.2. The molecule has 0 aliphatic heterocycles. The highest BCUT2D eigenvalue weighted by Gasteiger charge is 2.21. The van der Waals surface area contributed by atoms with Gasteiger partial charge >= 0.3 is 5.97 Å². The first-order valence-electron chi connectivity index (χ1n) is 6.04. The first-order valence-corrected chi connectivity index (χ1v) is 6.04. The van der Waals surface area contributed by atoms with Crippen molar-refractivity contribution in [1.29, 1.82) is 0 Å². The summed E-state index contributed by atoms with van der Waals surface area (Å²) in [5, 5.41) is 0. The van der Waals surface area contributed by atoms with E-state index in [1.807, 2.05) is 20.9 Å². The van der Waals surface area contributed by atoms with Crippen LogP contribution < -0.4 is 0 Å². The highest BCUT2D eigenvalue weighted by molar-refractivity contribution is 5.75. The minimum absolute atomic E-state index is 0.0953. The maximum absolute atomic E-state index is 11.6. The van der Waals surface area contributed by atoms with Gasteiger partial charge < -0.3 is 9.64 Å². The molecule has 16 heavy (non-hydrogen) atoms. The molecule has 0 amide bonds. The van der Waals surface area contributed by atoms with E-state index in [1.165, 1.54) is 0 Å². The van der Waals surface area contributed by atoms with Crippen molar-refractivity contribution in [3.8, 4) is 0 Å². The van der Waals surface area contributed by atoms with Crippen molar-refractivity contribution in [3.05, 3.63) is 0 Å². The van der Waals surface area contributed by atoms with Gasteiger partial charge in [0.2, 0.25) is 0 Å². The second-order valence-corrected chi connectivity index (χ2v) is 4.31. The number of carbonyl (C=O) groups excluding carboxylic acids is 1. The molecule has 0 heterocycles. The van der Waals surface area contributed by atoms with Gasteiger partial charge in [0.15, 0.2) is 0 Å². The molecular formula is C12H26N2O2. The number of carbonyl (C=O) groups is 1. The standard InChI is InChI=1S/C12H26N2O2/c1-6-11(12(15)16-7-2)14(5)10-8-9-13(3)4/h11H,6-10H2,1-5H3. The van der Waals surface area contributed by atoms with Crippen molar-refractivity contribution >= 4 is 5.97 Å². The Kier molecular flexibility index (Phi) is 8.21. The lowest BCUT2D eigenvalue weighted by molar-refractivity contribution is -0.149. The van der Waals surface area contributed by atoms with Crippen LogP contribution in [0.4, 0.5) is 0 Å². The Bertz CT molecular complexity index is 195. The molecule has 0 saturated carbocycles. The van der Waals surface area contributed by atoms with E-state index in [2.05, 4.69) is 23.9 Å². The number of rotatable bonds is 8. The largest absolute Gasteiger partial charge is 0.465 e. The first-order chi connectivity index (χ1) is 7.52. The Balaban J connectivity index is 4.00. The number of ether oxygens (including phenoxy) is 1. The number of likely N-dealkylation sites (N-methyl/N-ethyl adjacent to an activating group) is 1. The molecule has 0 aromatic heterocycles. The monoisotopic (exact) mass is 230 g/mol. The zero-order chi connectivity index (χ0) is 12.6. The van der Waals surface area contributed by atoms with Crippen molar-refractivity contribution < 1.29 is 9.53 Å². The van der Waals surface area contributed by atoms with Crippen LogP contribution in [0.2, 0.25) is 0 Å². The van der Waals surface area contributed by atoms with Gasteiger partial charge in [0.1, 0.15) is 6.04 Å². The Morgan fingerprint density at radius 2 is 1.81 bits per heavy atom. The number of nitrogens with zero attached hydrogens (tertiary/aromatic N) is 2. The quantitative estimate of drug-likeness (QED) is 0.587. The Morgan fingerprint density at radius 1 is 1.19 bits per heavy atom. The molecule has 1 atom stereocenters. The fourth-order valence-corrected chi connectivity index (χ4v) is 1.69. The summed E-state index contributed by atoms with van der Waals surface area (Å²) in [7, 11) is 6.10. The zero-order valence-corrected chi connectivity index (χ0v) is 11.3. The van der Waals surface area contributed by atoms with Gasteiger partial charge in [-0.15, -0.1) is 0 Å². The summed E-state index contributed by atoms with van der Waals surface area (Å²) in [5.41, 5.74) is 0. The predicted octanol–water partition coefficient (Wildman–Crippen LogP) is 1.21. The van der Waals surface area contributed by atoms with Crippen LogP contribution >= 0.6 is 0 Å². The Labute approximate surface area is 99.5 Å². The number of esters is 1. The molecule has 0 bridgehead atoms. The van der Waals surface area contributed by atoms with E-state index in [1.54, 1.807) is 0 Å². The number of hydrogen-bond acceptors (Lipinski definition) is 4. The van der Waals surface area contributed by atoms with Gasteiger partial charge in [-0.25, -0.2) is 0 Å². The van der Waals surface area contributed by atoms with Crippen LogP contribution in [0.3, 0.4) is 0 Å². The highest BCUT2D eigenvalue weighted by Crippen LogP contribution is 2.05. The van der Waals surface area contributed by atoms with E-state index in [9.17, 15) is 4.79 Å². The van der Waals surface area contributed by atoms with E-state index >= 15 is 0 Å². The van der Waals surface area contributed by atoms with Crippen molar-refractivity contribution in [2.45, 2.75) is 32.7 Å². The summed E-state index contributed by atoms with van der Waals surface area (Å²) in [6.45, 7) is 6.29. The van der Waals surface area contributed by atoms with Crippen LogP contribution in [0.25, 0.3) is 0 Å². The molecule has 4 heteroatoms. The van der Waals surface area contributed by atoms with E-state index in [0.29, 0.717) is 6.61 Å². The minimum Gasteiger partial charge on any atom is -0.465 e. The van der Waals surface area contributed by atoms with Crippen molar-refractivity contribution in [3.63, 3.8) is 0 Å². The molecule has 0 radical (unpaired) electrons. The maximum atomic E-state index is 11.6. The van der Waals surface area contributed by atoms with E-state index < -0.39 is 0 Å². The molecule has 0 saturated heterocycles. The molecule has 1 unspecified atom stereocenters. The third-order valence-corrected chi connectivity index (χ3v) is 2.59. The summed E-state index contributed by atoms with van der Waals surface area (Å²) in [6.07, 6.45) is 1.87. The first kappa shape index (κ1) is 15.4. The molecule has 0 rings (SSSR count). The second-order valence-electron chi connectivity index (χ2n) is 4.31. The molecule has 0 fully saturated rings. The van der Waals surface area contributed by atoms with Crippen LogP contribution in [-0.2, 0) is 9.53 Å². The molecule has 0 N–H and O–H groups in total. The zero-order valence-electron chi connectivity index (χ0n) is 11.3. The van der Waals surface area contributed by atoms with Crippen LogP contribution in [-0.4, -0.2) is 62.7 Å². The topological polar surface area (TPSA) is 32.8 Å². The predicted molar refractivity (Wildman–Crippen MR) is 66.5 cm³/mol. The lowest BCUT2D eigenvalue weighted by Gasteiger charge is -2.25.